The van der Waals surface area contributed by atoms with Gasteiger partial charge in [-0.1, -0.05) is 68.5 Å². The molecular formula is C13H18. The lowest BCUT2D eigenvalue weighted by molar-refractivity contribution is 1.50. The molecule has 0 aromatic heterocycles. The van der Waals surface area contributed by atoms with E-state index in [-0.39, 0.29) is 0 Å². The highest BCUT2D eigenvalue weighted by Crippen LogP contribution is 2.00. The first-order valence-electron chi connectivity index (χ1n) is 4.78. The summed E-state index contributed by atoms with van der Waals surface area (Å²) in [6, 6.07) is 10.3. The maximum atomic E-state index is 2.08. The van der Waals surface area contributed by atoms with Gasteiger partial charge in [0.1, 0.15) is 0 Å². The second-order valence-electron chi connectivity index (χ2n) is 2.30. The highest BCUT2D eigenvalue weighted by Gasteiger charge is 1.78. The lowest BCUT2D eigenvalue weighted by Crippen LogP contribution is -1.66. The number of benzene rings is 1. The van der Waals surface area contributed by atoms with Crippen molar-refractivity contribution in [2.24, 2.45) is 0 Å². The number of allylic oxidation sites excluding steroid dienone is 3. The minimum absolute atomic E-state index is 1.24. The first-order chi connectivity index (χ1) is 6.43. The molecule has 0 spiro atoms. The molecular weight excluding hydrogens is 156 g/mol. The summed E-state index contributed by atoms with van der Waals surface area (Å²) in [4.78, 5) is 0. The second-order valence-corrected chi connectivity index (χ2v) is 2.30. The molecule has 0 atom stereocenters. The van der Waals surface area contributed by atoms with Gasteiger partial charge in [-0.25, -0.2) is 0 Å². The fourth-order valence-corrected chi connectivity index (χ4v) is 0.842. The third-order valence-corrected chi connectivity index (χ3v) is 1.39. The Morgan fingerprint density at radius 3 is 2.08 bits per heavy atom. The van der Waals surface area contributed by atoms with Crippen molar-refractivity contribution in [1.29, 1.82) is 0 Å². The van der Waals surface area contributed by atoms with Gasteiger partial charge < -0.3 is 0 Å². The molecule has 0 aliphatic rings. The largest absolute Gasteiger partial charge is 0.0877 e. The first-order valence-corrected chi connectivity index (χ1v) is 4.78. The molecule has 1 rings (SSSR count). The maximum Gasteiger partial charge on any atom is -0.0257 e. The molecule has 0 N–H and O–H groups in total. The molecule has 0 aliphatic heterocycles. The molecule has 13 heavy (non-hydrogen) atoms. The van der Waals surface area contributed by atoms with Gasteiger partial charge >= 0.3 is 0 Å². The Balaban J connectivity index is 0.000000671. The molecule has 0 saturated carbocycles. The summed E-state index contributed by atoms with van der Waals surface area (Å²) in [5, 5.41) is 0. The molecule has 0 aliphatic carbocycles. The third-order valence-electron chi connectivity index (χ3n) is 1.39. The summed E-state index contributed by atoms with van der Waals surface area (Å²) in [6.45, 7) is 6.01. The molecule has 0 unspecified atom stereocenters. The quantitative estimate of drug-likeness (QED) is 0.586. The van der Waals surface area contributed by atoms with Crippen LogP contribution in [0, 0.1) is 0 Å². The maximum absolute atomic E-state index is 2.08. The summed E-state index contributed by atoms with van der Waals surface area (Å²) in [6.07, 6.45) is 8.15. The van der Waals surface area contributed by atoms with E-state index in [0.29, 0.717) is 0 Å². The second kappa shape index (κ2) is 8.79. The van der Waals surface area contributed by atoms with Crippen molar-refractivity contribution in [1.82, 2.24) is 0 Å². The molecule has 0 heterocycles. The SMILES string of the molecule is C/C=C\C=C/c1ccccc1.CC. The van der Waals surface area contributed by atoms with Gasteiger partial charge in [-0.15, -0.1) is 0 Å². The van der Waals surface area contributed by atoms with E-state index in [1.165, 1.54) is 5.56 Å². The van der Waals surface area contributed by atoms with Crippen LogP contribution in [-0.2, 0) is 0 Å². The predicted octanol–water partition coefficient (Wildman–Crippen LogP) is 4.30. The van der Waals surface area contributed by atoms with Crippen LogP contribution in [0.4, 0.5) is 0 Å². The van der Waals surface area contributed by atoms with Crippen molar-refractivity contribution in [3.63, 3.8) is 0 Å². The van der Waals surface area contributed by atoms with Crippen LogP contribution in [-0.4, -0.2) is 0 Å². The van der Waals surface area contributed by atoms with E-state index >= 15 is 0 Å². The average Bonchev–Trinajstić information content (AvgIpc) is 2.23. The van der Waals surface area contributed by atoms with Gasteiger partial charge in [-0.2, -0.15) is 0 Å². The van der Waals surface area contributed by atoms with Crippen LogP contribution in [0.1, 0.15) is 26.3 Å². The minimum Gasteiger partial charge on any atom is -0.0877 e. The van der Waals surface area contributed by atoms with Crippen LogP contribution in [0.3, 0.4) is 0 Å². The highest BCUT2D eigenvalue weighted by molar-refractivity contribution is 5.50. The first kappa shape index (κ1) is 11.7. The molecule has 0 radical (unpaired) electrons. The van der Waals surface area contributed by atoms with Gasteiger partial charge in [0.2, 0.25) is 0 Å². The van der Waals surface area contributed by atoms with Crippen molar-refractivity contribution in [3.05, 3.63) is 54.1 Å². The van der Waals surface area contributed by atoms with E-state index in [4.69, 9.17) is 0 Å². The zero-order valence-electron chi connectivity index (χ0n) is 8.70. The smallest absolute Gasteiger partial charge is 0.0257 e. The van der Waals surface area contributed by atoms with Crippen molar-refractivity contribution in [2.75, 3.05) is 0 Å². The normalized spacial score (nSPS) is 10.1. The predicted molar refractivity (Wildman–Crippen MR) is 61.6 cm³/mol. The number of hydrogen-bond acceptors (Lipinski definition) is 0. The van der Waals surface area contributed by atoms with E-state index in [2.05, 4.69) is 18.2 Å². The van der Waals surface area contributed by atoms with E-state index < -0.39 is 0 Å². The molecule has 0 heteroatoms. The van der Waals surface area contributed by atoms with Crippen LogP contribution in [0.25, 0.3) is 6.08 Å². The topological polar surface area (TPSA) is 0 Å². The van der Waals surface area contributed by atoms with Crippen molar-refractivity contribution in [2.45, 2.75) is 20.8 Å². The fraction of sp³-hybridized carbons (Fsp3) is 0.231. The molecule has 0 amide bonds. The highest BCUT2D eigenvalue weighted by atomic mass is 13.8. The third kappa shape index (κ3) is 5.92. The van der Waals surface area contributed by atoms with E-state index in [1.54, 1.807) is 0 Å². The lowest BCUT2D eigenvalue weighted by Gasteiger charge is -1.87. The van der Waals surface area contributed by atoms with E-state index in [1.807, 2.05) is 57.2 Å². The minimum atomic E-state index is 1.24. The molecule has 0 fully saturated rings. The van der Waals surface area contributed by atoms with E-state index in [9.17, 15) is 0 Å². The van der Waals surface area contributed by atoms with E-state index in [0.717, 1.165) is 0 Å². The van der Waals surface area contributed by atoms with Crippen LogP contribution in [0.5, 0.6) is 0 Å². The molecule has 0 bridgehead atoms. The summed E-state index contributed by atoms with van der Waals surface area (Å²) in [5.41, 5.74) is 1.24. The van der Waals surface area contributed by atoms with Gasteiger partial charge in [0.05, 0.1) is 0 Å². The van der Waals surface area contributed by atoms with Gasteiger partial charge in [0, 0.05) is 0 Å². The van der Waals surface area contributed by atoms with Crippen molar-refractivity contribution in [3.8, 4) is 0 Å². The van der Waals surface area contributed by atoms with Gasteiger partial charge in [-0.05, 0) is 12.5 Å². The Bertz CT molecular complexity index is 242. The molecule has 70 valence electrons. The zero-order chi connectivity index (χ0) is 9.94. The monoisotopic (exact) mass is 174 g/mol. The molecule has 0 saturated heterocycles. The van der Waals surface area contributed by atoms with Gasteiger partial charge in [-0.3, -0.25) is 0 Å². The van der Waals surface area contributed by atoms with Crippen LogP contribution in [0.15, 0.2) is 48.6 Å². The average molecular weight is 174 g/mol. The van der Waals surface area contributed by atoms with Crippen LogP contribution < -0.4 is 0 Å². The Labute approximate surface area is 81.6 Å². The van der Waals surface area contributed by atoms with Gasteiger partial charge in [0.25, 0.3) is 0 Å². The Hall–Kier alpha value is -1.30. The van der Waals surface area contributed by atoms with Crippen LogP contribution >= 0.6 is 0 Å². The number of rotatable bonds is 2. The van der Waals surface area contributed by atoms with Crippen LogP contribution in [0.2, 0.25) is 0 Å². The Morgan fingerprint density at radius 2 is 1.54 bits per heavy atom. The summed E-state index contributed by atoms with van der Waals surface area (Å²) in [5.74, 6) is 0. The number of hydrogen-bond donors (Lipinski definition) is 0. The summed E-state index contributed by atoms with van der Waals surface area (Å²) < 4.78 is 0. The summed E-state index contributed by atoms with van der Waals surface area (Å²) >= 11 is 0. The fourth-order valence-electron chi connectivity index (χ4n) is 0.842. The van der Waals surface area contributed by atoms with Crippen molar-refractivity contribution < 1.29 is 0 Å². The standard InChI is InChI=1S/C11H12.C2H6/c1-2-3-5-8-11-9-6-4-7-10-11;1-2/h2-10H,1H3;1-2H3/b3-2-,8-5-;. The molecule has 1 aromatic rings. The van der Waals surface area contributed by atoms with Gasteiger partial charge in [0.15, 0.2) is 0 Å². The van der Waals surface area contributed by atoms with Crippen molar-refractivity contribution >= 4 is 6.08 Å². The molecule has 1 aromatic carbocycles. The lowest BCUT2D eigenvalue weighted by atomic mass is 10.2. The Kier molecular flexibility index (Phi) is 7.91. The zero-order valence-corrected chi connectivity index (χ0v) is 8.70. The summed E-state index contributed by atoms with van der Waals surface area (Å²) in [7, 11) is 0. The molecule has 0 nitrogen and oxygen atoms in total. The Morgan fingerprint density at radius 1 is 0.923 bits per heavy atom.